The number of ether oxygens (including phenoxy) is 1. The lowest BCUT2D eigenvalue weighted by Crippen LogP contribution is -2.38. The summed E-state index contributed by atoms with van der Waals surface area (Å²) in [5.74, 6) is -0.102. The van der Waals surface area contributed by atoms with E-state index in [4.69, 9.17) is 4.74 Å². The average Bonchev–Trinajstić information content (AvgIpc) is 2.56. The van der Waals surface area contributed by atoms with Crippen molar-refractivity contribution in [3.05, 3.63) is 24.3 Å². The van der Waals surface area contributed by atoms with Gasteiger partial charge in [-0.15, -0.1) is 0 Å². The molecule has 1 aromatic carbocycles. The van der Waals surface area contributed by atoms with Crippen LogP contribution in [-0.2, 0) is 9.53 Å². The van der Waals surface area contributed by atoms with Crippen LogP contribution in [0.15, 0.2) is 24.3 Å². The fourth-order valence-corrected chi connectivity index (χ4v) is 3.54. The molecule has 1 amide bonds. The highest BCUT2D eigenvalue weighted by molar-refractivity contribution is 5.94. The van der Waals surface area contributed by atoms with Crippen LogP contribution in [0.25, 0.3) is 0 Å². The van der Waals surface area contributed by atoms with Crippen LogP contribution >= 0.6 is 0 Å². The maximum atomic E-state index is 12.4. The minimum atomic E-state index is -0.823. The summed E-state index contributed by atoms with van der Waals surface area (Å²) in [6.07, 6.45) is 4.81. The molecule has 5 nitrogen and oxygen atoms in total. The second-order valence-electron chi connectivity index (χ2n) is 6.63. The second kappa shape index (κ2) is 7.32. The number of nitrogens with zero attached hydrogens (tertiary/aromatic N) is 1. The van der Waals surface area contributed by atoms with Gasteiger partial charge in [-0.25, -0.2) is 0 Å². The van der Waals surface area contributed by atoms with E-state index in [-0.39, 0.29) is 12.3 Å². The zero-order valence-corrected chi connectivity index (χ0v) is 13.6. The molecule has 0 radical (unpaired) electrons. The van der Waals surface area contributed by atoms with Crippen molar-refractivity contribution in [3.8, 4) is 0 Å². The Morgan fingerprint density at radius 2 is 1.87 bits per heavy atom. The van der Waals surface area contributed by atoms with Crippen molar-refractivity contribution in [1.82, 2.24) is 0 Å². The van der Waals surface area contributed by atoms with Crippen molar-refractivity contribution in [1.29, 1.82) is 0 Å². The maximum Gasteiger partial charge on any atom is 0.227 e. The van der Waals surface area contributed by atoms with Gasteiger partial charge in [0.2, 0.25) is 5.91 Å². The number of aliphatic hydroxyl groups is 1. The van der Waals surface area contributed by atoms with E-state index >= 15 is 0 Å². The fourth-order valence-electron chi connectivity index (χ4n) is 3.54. The summed E-state index contributed by atoms with van der Waals surface area (Å²) in [4.78, 5) is 14.6. The molecular weight excluding hydrogens is 292 g/mol. The standard InChI is InChI=1S/C18H26N2O3/c21-17(14-18(22)8-4-1-5-9-18)19-15-6-2-3-7-16(15)20-10-12-23-13-11-20/h2-3,6-7,22H,1,4-5,8-14H2,(H,19,21). The van der Waals surface area contributed by atoms with E-state index in [0.717, 1.165) is 56.6 Å². The summed E-state index contributed by atoms with van der Waals surface area (Å²) >= 11 is 0. The van der Waals surface area contributed by atoms with Crippen LogP contribution in [0, 0.1) is 0 Å². The Hall–Kier alpha value is -1.59. The molecule has 2 fully saturated rings. The predicted octanol–water partition coefficient (Wildman–Crippen LogP) is 2.55. The minimum Gasteiger partial charge on any atom is -0.389 e. The SMILES string of the molecule is O=C(CC1(O)CCCCC1)Nc1ccccc1N1CCOCC1. The Labute approximate surface area is 137 Å². The largest absolute Gasteiger partial charge is 0.389 e. The molecule has 23 heavy (non-hydrogen) atoms. The Kier molecular flexibility index (Phi) is 5.18. The molecule has 3 rings (SSSR count). The van der Waals surface area contributed by atoms with E-state index in [1.54, 1.807) is 0 Å². The molecule has 1 aliphatic carbocycles. The van der Waals surface area contributed by atoms with Crippen LogP contribution in [0.2, 0.25) is 0 Å². The van der Waals surface area contributed by atoms with Gasteiger partial charge in [0, 0.05) is 13.1 Å². The summed E-state index contributed by atoms with van der Waals surface area (Å²) in [5.41, 5.74) is 1.02. The number of carbonyl (C=O) groups is 1. The molecule has 5 heteroatoms. The lowest BCUT2D eigenvalue weighted by atomic mass is 9.82. The molecule has 1 heterocycles. The number of amides is 1. The maximum absolute atomic E-state index is 12.4. The molecule has 0 atom stereocenters. The van der Waals surface area contributed by atoms with Gasteiger partial charge in [-0.1, -0.05) is 31.4 Å². The van der Waals surface area contributed by atoms with Crippen molar-refractivity contribution in [3.63, 3.8) is 0 Å². The summed E-state index contributed by atoms with van der Waals surface area (Å²) in [6.45, 7) is 3.08. The monoisotopic (exact) mass is 318 g/mol. The first-order valence-corrected chi connectivity index (χ1v) is 8.60. The third-order valence-electron chi connectivity index (χ3n) is 4.80. The lowest BCUT2D eigenvalue weighted by Gasteiger charge is -2.32. The number of rotatable bonds is 4. The fraction of sp³-hybridized carbons (Fsp3) is 0.611. The number of morpholine rings is 1. The van der Waals surface area contributed by atoms with Crippen LogP contribution < -0.4 is 10.2 Å². The van der Waals surface area contributed by atoms with Crippen LogP contribution in [0.4, 0.5) is 11.4 Å². The van der Waals surface area contributed by atoms with Crippen molar-refractivity contribution in [2.24, 2.45) is 0 Å². The van der Waals surface area contributed by atoms with Crippen LogP contribution in [0.5, 0.6) is 0 Å². The summed E-state index contributed by atoms with van der Waals surface area (Å²) in [5, 5.41) is 13.5. The van der Waals surface area contributed by atoms with Gasteiger partial charge < -0.3 is 20.1 Å². The molecule has 1 saturated carbocycles. The van der Waals surface area contributed by atoms with Gasteiger partial charge in [0.15, 0.2) is 0 Å². The molecule has 1 aliphatic heterocycles. The van der Waals surface area contributed by atoms with Gasteiger partial charge in [-0.05, 0) is 25.0 Å². The highest BCUT2D eigenvalue weighted by Crippen LogP contribution is 2.32. The van der Waals surface area contributed by atoms with Gasteiger partial charge in [-0.3, -0.25) is 4.79 Å². The highest BCUT2D eigenvalue weighted by Gasteiger charge is 2.32. The van der Waals surface area contributed by atoms with Crippen LogP contribution in [-0.4, -0.2) is 42.9 Å². The van der Waals surface area contributed by atoms with E-state index < -0.39 is 5.60 Å². The number of nitrogens with one attached hydrogen (secondary N) is 1. The molecule has 2 N–H and O–H groups in total. The predicted molar refractivity (Wildman–Crippen MR) is 90.8 cm³/mol. The molecule has 1 saturated heterocycles. The Morgan fingerprint density at radius 1 is 1.17 bits per heavy atom. The average molecular weight is 318 g/mol. The smallest absolute Gasteiger partial charge is 0.227 e. The summed E-state index contributed by atoms with van der Waals surface area (Å²) < 4.78 is 5.39. The Morgan fingerprint density at radius 3 is 2.61 bits per heavy atom. The quantitative estimate of drug-likeness (QED) is 0.895. The van der Waals surface area contributed by atoms with Gasteiger partial charge in [-0.2, -0.15) is 0 Å². The number of benzene rings is 1. The van der Waals surface area contributed by atoms with Crippen molar-refractivity contribution < 1.29 is 14.6 Å². The number of anilines is 2. The van der Waals surface area contributed by atoms with Crippen molar-refractivity contribution >= 4 is 17.3 Å². The number of para-hydroxylation sites is 2. The summed E-state index contributed by atoms with van der Waals surface area (Å²) in [6, 6.07) is 7.86. The number of hydrogen-bond donors (Lipinski definition) is 2. The molecule has 126 valence electrons. The molecule has 1 aromatic rings. The molecule has 0 spiro atoms. The van der Waals surface area contributed by atoms with E-state index in [9.17, 15) is 9.90 Å². The third-order valence-corrected chi connectivity index (χ3v) is 4.80. The van der Waals surface area contributed by atoms with Gasteiger partial charge in [0.25, 0.3) is 0 Å². The van der Waals surface area contributed by atoms with E-state index in [2.05, 4.69) is 10.2 Å². The molecule has 0 unspecified atom stereocenters. The summed E-state index contributed by atoms with van der Waals surface area (Å²) in [7, 11) is 0. The molecule has 2 aliphatic rings. The first-order chi connectivity index (χ1) is 11.2. The van der Waals surface area contributed by atoms with Gasteiger partial charge in [0.05, 0.1) is 36.6 Å². The topological polar surface area (TPSA) is 61.8 Å². The van der Waals surface area contributed by atoms with Crippen LogP contribution in [0.3, 0.4) is 0 Å². The van der Waals surface area contributed by atoms with Crippen molar-refractivity contribution in [2.45, 2.75) is 44.1 Å². The molecular formula is C18H26N2O3. The first kappa shape index (κ1) is 16.3. The highest BCUT2D eigenvalue weighted by atomic mass is 16.5. The molecule has 0 aromatic heterocycles. The zero-order valence-electron chi connectivity index (χ0n) is 13.6. The Bertz CT molecular complexity index is 535. The minimum absolute atomic E-state index is 0.102. The molecule has 0 bridgehead atoms. The zero-order chi connectivity index (χ0) is 16.1. The normalized spacial score (nSPS) is 21.0. The van der Waals surface area contributed by atoms with E-state index in [1.807, 2.05) is 24.3 Å². The van der Waals surface area contributed by atoms with E-state index in [0.29, 0.717) is 13.2 Å². The lowest BCUT2D eigenvalue weighted by molar-refractivity contribution is -0.122. The number of hydrogen-bond acceptors (Lipinski definition) is 4. The third kappa shape index (κ3) is 4.24. The number of carbonyl (C=O) groups excluding carboxylic acids is 1. The second-order valence-corrected chi connectivity index (χ2v) is 6.63. The first-order valence-electron chi connectivity index (χ1n) is 8.60. The Balaban J connectivity index is 1.66. The van der Waals surface area contributed by atoms with Crippen LogP contribution in [0.1, 0.15) is 38.5 Å². The van der Waals surface area contributed by atoms with Crippen molar-refractivity contribution in [2.75, 3.05) is 36.5 Å². The van der Waals surface area contributed by atoms with Gasteiger partial charge >= 0.3 is 0 Å². The van der Waals surface area contributed by atoms with Gasteiger partial charge in [0.1, 0.15) is 0 Å². The van der Waals surface area contributed by atoms with E-state index in [1.165, 1.54) is 0 Å².